The van der Waals surface area contributed by atoms with Crippen molar-refractivity contribution >= 4 is 17.5 Å². The van der Waals surface area contributed by atoms with E-state index in [2.05, 4.69) is 10.3 Å². The topological polar surface area (TPSA) is 62.0 Å². The Morgan fingerprint density at radius 1 is 1.41 bits per heavy atom. The summed E-state index contributed by atoms with van der Waals surface area (Å²) >= 11 is 5.95. The molecule has 1 aromatic heterocycles. The quantitative estimate of drug-likeness (QED) is 0.806. The highest BCUT2D eigenvalue weighted by molar-refractivity contribution is 6.19. The van der Waals surface area contributed by atoms with Gasteiger partial charge in [-0.1, -0.05) is 12.8 Å². The van der Waals surface area contributed by atoms with Crippen LogP contribution in [0.4, 0.5) is 0 Å². The van der Waals surface area contributed by atoms with Gasteiger partial charge >= 0.3 is 0 Å². The molecule has 1 amide bonds. The maximum absolute atomic E-state index is 12.0. The van der Waals surface area contributed by atoms with Gasteiger partial charge in [0.15, 0.2) is 0 Å². The van der Waals surface area contributed by atoms with Gasteiger partial charge in [0.25, 0.3) is 5.91 Å². The van der Waals surface area contributed by atoms with Crippen molar-refractivity contribution in [1.29, 1.82) is 0 Å². The second kappa shape index (κ2) is 4.92. The second-order valence-corrected chi connectivity index (χ2v) is 4.78. The van der Waals surface area contributed by atoms with Crippen LogP contribution in [0.2, 0.25) is 0 Å². The fourth-order valence-corrected chi connectivity index (χ4v) is 2.54. The Balaban J connectivity index is 2.10. The summed E-state index contributed by atoms with van der Waals surface area (Å²) in [5, 5.41) is 2.98. The minimum atomic E-state index is -0.269. The third-order valence-electron chi connectivity index (χ3n) is 3.24. The van der Waals surface area contributed by atoms with E-state index in [1.807, 2.05) is 0 Å². The van der Waals surface area contributed by atoms with Crippen molar-refractivity contribution in [2.24, 2.45) is 0 Å². The van der Waals surface area contributed by atoms with Crippen molar-refractivity contribution in [1.82, 2.24) is 10.3 Å². The highest BCUT2D eigenvalue weighted by Gasteiger charge is 2.34. The molecule has 17 heavy (non-hydrogen) atoms. The average Bonchev–Trinajstić information content (AvgIpc) is 2.79. The smallest absolute Gasteiger partial charge is 0.253 e. The Bertz CT molecular complexity index is 443. The number of rotatable bonds is 3. The molecule has 1 aliphatic rings. The van der Waals surface area contributed by atoms with Gasteiger partial charge < -0.3 is 10.3 Å². The van der Waals surface area contributed by atoms with Crippen molar-refractivity contribution in [2.45, 2.75) is 31.2 Å². The van der Waals surface area contributed by atoms with Crippen LogP contribution in [0, 0.1) is 0 Å². The summed E-state index contributed by atoms with van der Waals surface area (Å²) in [4.78, 5) is 25.4. The molecule has 1 fully saturated rings. The van der Waals surface area contributed by atoms with Gasteiger partial charge in [-0.05, 0) is 18.9 Å². The Kier molecular flexibility index (Phi) is 3.52. The molecule has 0 bridgehead atoms. The summed E-state index contributed by atoms with van der Waals surface area (Å²) in [5.74, 6) is 0.256. The predicted octanol–water partition coefficient (Wildman–Crippen LogP) is 1.66. The molecule has 5 heteroatoms. The summed E-state index contributed by atoms with van der Waals surface area (Å²) in [6.07, 6.45) is 5.46. The molecule has 0 atom stereocenters. The fourth-order valence-electron chi connectivity index (χ4n) is 2.21. The van der Waals surface area contributed by atoms with Crippen LogP contribution in [-0.4, -0.2) is 22.3 Å². The van der Waals surface area contributed by atoms with Crippen LogP contribution in [-0.2, 0) is 0 Å². The van der Waals surface area contributed by atoms with Gasteiger partial charge in [-0.15, -0.1) is 11.6 Å². The summed E-state index contributed by atoms with van der Waals surface area (Å²) < 4.78 is 0. The van der Waals surface area contributed by atoms with Crippen molar-refractivity contribution in [2.75, 3.05) is 5.88 Å². The molecule has 1 saturated carbocycles. The van der Waals surface area contributed by atoms with E-state index < -0.39 is 0 Å². The van der Waals surface area contributed by atoms with E-state index >= 15 is 0 Å². The molecule has 1 heterocycles. The molecule has 0 spiro atoms. The molecule has 0 saturated heterocycles. The van der Waals surface area contributed by atoms with Crippen LogP contribution >= 0.6 is 11.6 Å². The van der Waals surface area contributed by atoms with Crippen molar-refractivity contribution in [3.8, 4) is 0 Å². The number of pyridine rings is 1. The van der Waals surface area contributed by atoms with Crippen molar-refractivity contribution < 1.29 is 4.79 Å². The van der Waals surface area contributed by atoms with Crippen LogP contribution in [0.25, 0.3) is 0 Å². The first-order valence-electron chi connectivity index (χ1n) is 5.72. The van der Waals surface area contributed by atoms with E-state index in [0.29, 0.717) is 11.4 Å². The molecule has 0 unspecified atom stereocenters. The largest absolute Gasteiger partial charge is 0.345 e. The maximum atomic E-state index is 12.0. The van der Waals surface area contributed by atoms with E-state index in [1.54, 1.807) is 0 Å². The van der Waals surface area contributed by atoms with Crippen LogP contribution in [0.3, 0.4) is 0 Å². The lowest BCUT2D eigenvalue weighted by atomic mass is 10.00. The molecule has 2 N–H and O–H groups in total. The van der Waals surface area contributed by atoms with Crippen LogP contribution in [0.5, 0.6) is 0 Å². The lowest BCUT2D eigenvalue weighted by molar-refractivity contribution is 0.0909. The lowest BCUT2D eigenvalue weighted by Crippen LogP contribution is -2.48. The fraction of sp³-hybridized carbons (Fsp3) is 0.500. The number of aromatic amines is 1. The third-order valence-corrected chi connectivity index (χ3v) is 3.75. The molecule has 0 aromatic carbocycles. The Hall–Kier alpha value is -1.29. The molecule has 2 rings (SSSR count). The second-order valence-electron chi connectivity index (χ2n) is 4.52. The molecule has 1 aliphatic carbocycles. The Morgan fingerprint density at radius 2 is 2.12 bits per heavy atom. The summed E-state index contributed by atoms with van der Waals surface area (Å²) in [6, 6.07) is 2.86. The Labute approximate surface area is 104 Å². The van der Waals surface area contributed by atoms with E-state index in [0.717, 1.165) is 25.7 Å². The highest BCUT2D eigenvalue weighted by atomic mass is 35.5. The maximum Gasteiger partial charge on any atom is 0.253 e. The summed E-state index contributed by atoms with van der Waals surface area (Å²) in [6.45, 7) is 0. The van der Waals surface area contributed by atoms with Gasteiger partial charge in [-0.2, -0.15) is 0 Å². The van der Waals surface area contributed by atoms with Gasteiger partial charge in [0.1, 0.15) is 0 Å². The third kappa shape index (κ3) is 2.69. The summed E-state index contributed by atoms with van der Waals surface area (Å²) in [5.41, 5.74) is -0.0233. The van der Waals surface area contributed by atoms with Gasteiger partial charge in [-0.25, -0.2) is 0 Å². The van der Waals surface area contributed by atoms with Crippen LogP contribution in [0.1, 0.15) is 36.0 Å². The zero-order valence-corrected chi connectivity index (χ0v) is 10.2. The number of H-pyrrole nitrogens is 1. The molecule has 0 aliphatic heterocycles. The molecule has 92 valence electrons. The summed E-state index contributed by atoms with van der Waals surface area (Å²) in [7, 11) is 0. The zero-order chi connectivity index (χ0) is 12.3. The van der Waals surface area contributed by atoms with E-state index in [-0.39, 0.29) is 17.0 Å². The molecule has 1 aromatic rings. The number of alkyl halides is 1. The minimum Gasteiger partial charge on any atom is -0.345 e. The molecular formula is C12H15ClN2O2. The minimum absolute atomic E-state index is 0.177. The number of amides is 1. The monoisotopic (exact) mass is 254 g/mol. The number of carbonyl (C=O) groups is 1. The normalized spacial score (nSPS) is 17.9. The SMILES string of the molecule is O=C(NC1(CCl)CCCC1)c1ccc(=O)[nH]c1. The number of nitrogens with one attached hydrogen (secondary N) is 2. The lowest BCUT2D eigenvalue weighted by Gasteiger charge is -2.27. The number of hydrogen-bond donors (Lipinski definition) is 2. The standard InChI is InChI=1S/C12H15ClN2O2/c13-8-12(5-1-2-6-12)15-11(17)9-3-4-10(16)14-7-9/h3-4,7H,1-2,5-6,8H2,(H,14,16)(H,15,17). The van der Waals surface area contributed by atoms with Crippen LogP contribution < -0.4 is 10.9 Å². The van der Waals surface area contributed by atoms with E-state index in [4.69, 9.17) is 11.6 Å². The molecule has 4 nitrogen and oxygen atoms in total. The number of carbonyl (C=O) groups excluding carboxylic acids is 1. The Morgan fingerprint density at radius 3 is 2.65 bits per heavy atom. The van der Waals surface area contributed by atoms with Gasteiger partial charge in [0.2, 0.25) is 5.56 Å². The first kappa shape index (κ1) is 12.2. The number of aromatic nitrogens is 1. The van der Waals surface area contributed by atoms with Gasteiger partial charge in [0.05, 0.1) is 11.1 Å². The van der Waals surface area contributed by atoms with Gasteiger partial charge in [0, 0.05) is 18.1 Å². The van der Waals surface area contributed by atoms with E-state index in [1.165, 1.54) is 18.3 Å². The van der Waals surface area contributed by atoms with E-state index in [9.17, 15) is 9.59 Å². The first-order valence-corrected chi connectivity index (χ1v) is 6.26. The highest BCUT2D eigenvalue weighted by Crippen LogP contribution is 2.30. The average molecular weight is 255 g/mol. The number of halogens is 1. The van der Waals surface area contributed by atoms with Crippen molar-refractivity contribution in [3.05, 3.63) is 34.2 Å². The molecular weight excluding hydrogens is 240 g/mol. The van der Waals surface area contributed by atoms with Gasteiger partial charge in [-0.3, -0.25) is 9.59 Å². The molecule has 0 radical (unpaired) electrons. The van der Waals surface area contributed by atoms with Crippen molar-refractivity contribution in [3.63, 3.8) is 0 Å². The predicted molar refractivity (Wildman–Crippen MR) is 66.4 cm³/mol. The number of hydrogen-bond acceptors (Lipinski definition) is 2. The zero-order valence-electron chi connectivity index (χ0n) is 9.46. The van der Waals surface area contributed by atoms with Crippen LogP contribution in [0.15, 0.2) is 23.1 Å². The first-order chi connectivity index (χ1) is 8.15.